The maximum Gasteiger partial charge on any atom is 0.407 e. The Bertz CT molecular complexity index is 1120. The van der Waals surface area contributed by atoms with Gasteiger partial charge in [-0.3, -0.25) is 4.79 Å². The van der Waals surface area contributed by atoms with Crippen molar-refractivity contribution in [3.63, 3.8) is 0 Å². The molecule has 0 aromatic heterocycles. The molecule has 1 unspecified atom stereocenters. The summed E-state index contributed by atoms with van der Waals surface area (Å²) >= 11 is 0. The molecule has 1 atom stereocenters. The summed E-state index contributed by atoms with van der Waals surface area (Å²) in [6, 6.07) is 16.4. The molecule has 2 amide bonds. The third-order valence-corrected chi connectivity index (χ3v) is 7.97. The summed E-state index contributed by atoms with van der Waals surface area (Å²) in [5, 5.41) is 12.5. The van der Waals surface area contributed by atoms with E-state index in [0.29, 0.717) is 32.4 Å². The largest absolute Gasteiger partial charge is 0.479 e. The minimum atomic E-state index is -1.01. The number of hydrogen-bond donors (Lipinski definition) is 2. The topological polar surface area (TPSA) is 95.9 Å². The third kappa shape index (κ3) is 4.07. The number of carbonyl (C=O) groups is 3. The van der Waals surface area contributed by atoms with Gasteiger partial charge in [-0.15, -0.1) is 0 Å². The molecule has 35 heavy (non-hydrogen) atoms. The molecule has 2 aliphatic carbocycles. The highest BCUT2D eigenvalue weighted by Gasteiger charge is 2.68. The number of nitrogens with zero attached hydrogens (tertiary/aromatic N) is 1. The van der Waals surface area contributed by atoms with E-state index in [2.05, 4.69) is 29.6 Å². The van der Waals surface area contributed by atoms with E-state index in [9.17, 15) is 19.5 Å². The molecule has 2 heterocycles. The Morgan fingerprint density at radius 3 is 2.29 bits per heavy atom. The van der Waals surface area contributed by atoms with Crippen molar-refractivity contribution in [3.05, 3.63) is 59.7 Å². The van der Waals surface area contributed by atoms with E-state index in [1.54, 1.807) is 4.90 Å². The van der Waals surface area contributed by atoms with E-state index < -0.39 is 17.6 Å². The van der Waals surface area contributed by atoms with Gasteiger partial charge in [-0.2, -0.15) is 0 Å². The summed E-state index contributed by atoms with van der Waals surface area (Å²) in [6.45, 7) is 5.17. The first-order chi connectivity index (χ1) is 16.7. The Morgan fingerprint density at radius 1 is 1.09 bits per heavy atom. The fourth-order valence-electron chi connectivity index (χ4n) is 6.37. The van der Waals surface area contributed by atoms with E-state index in [1.165, 1.54) is 22.3 Å². The van der Waals surface area contributed by atoms with E-state index >= 15 is 0 Å². The number of aliphatic carboxylic acids is 1. The number of fused-ring (bicyclic) bond motifs is 4. The first-order valence-electron chi connectivity index (χ1n) is 12.4. The molecular weight excluding hydrogens is 444 g/mol. The Hall–Kier alpha value is -3.35. The van der Waals surface area contributed by atoms with Gasteiger partial charge >= 0.3 is 12.1 Å². The second-order valence-corrected chi connectivity index (χ2v) is 10.8. The second kappa shape index (κ2) is 8.70. The van der Waals surface area contributed by atoms with Crippen LogP contribution in [-0.2, 0) is 14.3 Å². The summed E-state index contributed by atoms with van der Waals surface area (Å²) in [6.07, 6.45) is 1.50. The summed E-state index contributed by atoms with van der Waals surface area (Å²) in [4.78, 5) is 38.6. The number of carboxylic acid groups (broad SMARTS) is 1. The van der Waals surface area contributed by atoms with Crippen molar-refractivity contribution in [3.8, 4) is 11.1 Å². The quantitative estimate of drug-likeness (QED) is 0.589. The number of nitrogens with one attached hydrogen (secondary N) is 1. The molecule has 7 heteroatoms. The minimum absolute atomic E-state index is 0.0137. The lowest BCUT2D eigenvalue weighted by molar-refractivity contribution is -0.160. The van der Waals surface area contributed by atoms with E-state index in [4.69, 9.17) is 4.74 Å². The normalized spacial score (nSPS) is 24.8. The zero-order chi connectivity index (χ0) is 24.8. The lowest BCUT2D eigenvalue weighted by Crippen LogP contribution is -2.56. The number of ether oxygens (including phenoxy) is 1. The molecule has 0 radical (unpaired) electrons. The average molecular weight is 477 g/mol. The van der Waals surface area contributed by atoms with E-state index in [0.717, 1.165) is 0 Å². The minimum Gasteiger partial charge on any atom is -0.479 e. The van der Waals surface area contributed by atoms with Gasteiger partial charge in [0, 0.05) is 25.4 Å². The number of alkyl carbamates (subject to hydrolysis) is 1. The maximum atomic E-state index is 12.8. The van der Waals surface area contributed by atoms with Crippen LogP contribution < -0.4 is 5.32 Å². The summed E-state index contributed by atoms with van der Waals surface area (Å²) in [5.41, 5.74) is 3.63. The van der Waals surface area contributed by atoms with Crippen LogP contribution in [-0.4, -0.2) is 53.2 Å². The zero-order valence-electron chi connectivity index (χ0n) is 20.3. The predicted octanol–water partition coefficient (Wildman–Crippen LogP) is 4.41. The molecule has 7 nitrogen and oxygen atoms in total. The molecule has 2 N–H and O–H groups in total. The highest BCUT2D eigenvalue weighted by molar-refractivity contribution is 5.90. The monoisotopic (exact) mass is 476 g/mol. The molecule has 0 spiro atoms. The highest BCUT2D eigenvalue weighted by atomic mass is 16.5. The van der Waals surface area contributed by atoms with Crippen molar-refractivity contribution in [1.82, 2.24) is 10.2 Å². The van der Waals surface area contributed by atoms with Crippen LogP contribution in [0.3, 0.4) is 0 Å². The van der Waals surface area contributed by atoms with Crippen molar-refractivity contribution in [2.24, 2.45) is 11.3 Å². The van der Waals surface area contributed by atoms with Crippen LogP contribution >= 0.6 is 0 Å². The predicted molar refractivity (Wildman–Crippen MR) is 131 cm³/mol. The van der Waals surface area contributed by atoms with Crippen molar-refractivity contribution >= 4 is 18.0 Å². The number of carbonyl (C=O) groups excluding carboxylic acids is 2. The fourth-order valence-corrected chi connectivity index (χ4v) is 6.37. The van der Waals surface area contributed by atoms with Gasteiger partial charge in [-0.05, 0) is 52.8 Å². The molecule has 6 rings (SSSR count). The summed E-state index contributed by atoms with van der Waals surface area (Å²) in [7, 11) is 0. The van der Waals surface area contributed by atoms with Crippen molar-refractivity contribution < 1.29 is 24.2 Å². The highest BCUT2D eigenvalue weighted by Crippen LogP contribution is 2.59. The van der Waals surface area contributed by atoms with Gasteiger partial charge in [0.05, 0.1) is 0 Å². The first-order valence-corrected chi connectivity index (χ1v) is 12.4. The smallest absolute Gasteiger partial charge is 0.407 e. The Morgan fingerprint density at radius 2 is 1.69 bits per heavy atom. The van der Waals surface area contributed by atoms with Gasteiger partial charge in [0.25, 0.3) is 0 Å². The Kier molecular flexibility index (Phi) is 5.82. The third-order valence-electron chi connectivity index (χ3n) is 7.97. The second-order valence-electron chi connectivity index (χ2n) is 10.8. The SMILES string of the molecule is CC(CCNC(=O)OCC1c2ccccc2-c2ccccc21)CC(=O)N1CC2(C)CC1(C(=O)O)C2. The molecule has 1 saturated carbocycles. The summed E-state index contributed by atoms with van der Waals surface area (Å²) < 4.78 is 5.56. The molecule has 2 saturated heterocycles. The van der Waals surface area contributed by atoms with E-state index in [1.807, 2.05) is 38.1 Å². The zero-order valence-corrected chi connectivity index (χ0v) is 20.3. The van der Waals surface area contributed by atoms with Crippen molar-refractivity contribution in [2.45, 2.75) is 51.0 Å². The van der Waals surface area contributed by atoms with Gasteiger partial charge < -0.3 is 20.1 Å². The molecular formula is C28H32N2O5. The van der Waals surface area contributed by atoms with Gasteiger partial charge in [0.2, 0.25) is 5.91 Å². The number of benzene rings is 2. The standard InChI is InChI=1S/C28H32N2O5/c1-18(13-24(31)30-17-27(2)15-28(30,16-27)25(32)33)11-12-29-26(34)35-14-23-21-9-5-3-7-19(21)20-8-4-6-10-22(20)23/h3-10,18,23H,11-17H2,1-2H3,(H,29,34)(H,32,33). The van der Waals surface area contributed by atoms with Crippen molar-refractivity contribution in [1.29, 1.82) is 0 Å². The van der Waals surface area contributed by atoms with Crippen LogP contribution in [0, 0.1) is 11.3 Å². The first kappa shape index (κ1) is 23.4. The van der Waals surface area contributed by atoms with Crippen LogP contribution in [0.25, 0.3) is 11.1 Å². The molecule has 2 aromatic rings. The number of amides is 2. The fraction of sp³-hybridized carbons (Fsp3) is 0.464. The average Bonchev–Trinajstić information content (AvgIpc) is 3.41. The number of rotatable bonds is 8. The Labute approximate surface area is 205 Å². The molecule has 2 aliphatic heterocycles. The van der Waals surface area contributed by atoms with Gasteiger partial charge in [0.15, 0.2) is 0 Å². The molecule has 2 bridgehead atoms. The number of hydrogen-bond acceptors (Lipinski definition) is 4. The molecule has 3 fully saturated rings. The van der Waals surface area contributed by atoms with Crippen molar-refractivity contribution in [2.75, 3.05) is 19.7 Å². The maximum absolute atomic E-state index is 12.8. The lowest BCUT2D eigenvalue weighted by atomic mass is 9.63. The van der Waals surface area contributed by atoms with Gasteiger partial charge in [0.1, 0.15) is 12.1 Å². The molecule has 184 valence electrons. The van der Waals surface area contributed by atoms with Crippen LogP contribution in [0.2, 0.25) is 0 Å². The van der Waals surface area contributed by atoms with E-state index in [-0.39, 0.29) is 36.2 Å². The summed E-state index contributed by atoms with van der Waals surface area (Å²) in [5.74, 6) is -0.972. The molecule has 2 aromatic carbocycles. The van der Waals surface area contributed by atoms with Gasteiger partial charge in [-0.25, -0.2) is 9.59 Å². The number of carboxylic acids is 1. The lowest BCUT2D eigenvalue weighted by Gasteiger charge is -2.42. The van der Waals surface area contributed by atoms with Gasteiger partial charge in [-0.1, -0.05) is 62.4 Å². The molecule has 4 aliphatic rings. The van der Waals surface area contributed by atoms with Crippen LogP contribution in [0.15, 0.2) is 48.5 Å². The van der Waals surface area contributed by atoms with Crippen LogP contribution in [0.4, 0.5) is 4.79 Å². The Balaban J connectivity index is 1.08. The van der Waals surface area contributed by atoms with Crippen LogP contribution in [0.5, 0.6) is 0 Å². The van der Waals surface area contributed by atoms with Crippen LogP contribution in [0.1, 0.15) is 56.6 Å².